The Morgan fingerprint density at radius 3 is 2.62 bits per heavy atom. The van der Waals surface area contributed by atoms with Crippen LogP contribution in [0.15, 0.2) is 62.3 Å². The molecule has 0 bridgehead atoms. The van der Waals surface area contributed by atoms with Crippen LogP contribution in [-0.2, 0) is 10.0 Å². The van der Waals surface area contributed by atoms with Gasteiger partial charge in [0, 0.05) is 18.5 Å². The zero-order valence-electron chi connectivity index (χ0n) is 17.6. The monoisotopic (exact) mass is 521 g/mol. The number of nitrogens with one attached hydrogen (secondary N) is 1. The number of aromatic amines is 1. The number of H-pyrrole nitrogens is 1. The van der Waals surface area contributed by atoms with Gasteiger partial charge in [-0.2, -0.15) is 0 Å². The van der Waals surface area contributed by atoms with E-state index in [1.165, 1.54) is 37.7 Å². The average molecular weight is 522 g/mol. The van der Waals surface area contributed by atoms with Crippen LogP contribution in [-0.4, -0.2) is 43.2 Å². The van der Waals surface area contributed by atoms with Crippen LogP contribution >= 0.6 is 22.9 Å². The van der Waals surface area contributed by atoms with E-state index in [1.807, 2.05) is 0 Å². The third-order valence-corrected chi connectivity index (χ3v) is 8.15. The van der Waals surface area contributed by atoms with E-state index in [0.29, 0.717) is 16.0 Å². The van der Waals surface area contributed by atoms with E-state index in [1.54, 1.807) is 18.2 Å². The highest BCUT2D eigenvalue weighted by molar-refractivity contribution is 7.92. The summed E-state index contributed by atoms with van der Waals surface area (Å²) in [4.78, 5) is 39.3. The molecule has 0 aliphatic carbocycles. The Kier molecular flexibility index (Phi) is 5.98. The number of carboxylic acid groups (broad SMARTS) is 1. The van der Waals surface area contributed by atoms with Crippen LogP contribution in [0.4, 0.5) is 5.69 Å². The third-order valence-electron chi connectivity index (χ3n) is 5.08. The number of ether oxygens (including phenoxy) is 1. The topological polar surface area (TPSA) is 139 Å². The van der Waals surface area contributed by atoms with E-state index < -0.39 is 27.2 Å². The molecule has 0 aliphatic rings. The van der Waals surface area contributed by atoms with Crippen molar-refractivity contribution in [3.63, 3.8) is 0 Å². The first kappa shape index (κ1) is 23.5. The van der Waals surface area contributed by atoms with Crippen molar-refractivity contribution in [3.05, 3.63) is 78.6 Å². The number of hydrogen-bond donors (Lipinski definition) is 2. The third kappa shape index (κ3) is 3.85. The van der Waals surface area contributed by atoms with Gasteiger partial charge in [0.15, 0.2) is 0 Å². The lowest BCUT2D eigenvalue weighted by Crippen LogP contribution is -2.34. The summed E-state index contributed by atoms with van der Waals surface area (Å²) >= 11 is 7.02. The van der Waals surface area contributed by atoms with Crippen LogP contribution in [0.25, 0.3) is 16.6 Å². The number of aromatic nitrogens is 2. The molecule has 0 amide bonds. The number of anilines is 1. The maximum absolute atomic E-state index is 13.3. The van der Waals surface area contributed by atoms with Gasteiger partial charge in [-0.05, 0) is 30.3 Å². The summed E-state index contributed by atoms with van der Waals surface area (Å²) in [5.41, 5.74) is -1.67. The van der Waals surface area contributed by atoms with Gasteiger partial charge in [0.25, 0.3) is 15.6 Å². The fourth-order valence-corrected chi connectivity index (χ4v) is 5.58. The summed E-state index contributed by atoms with van der Waals surface area (Å²) in [7, 11) is -1.35. The van der Waals surface area contributed by atoms with Crippen molar-refractivity contribution in [1.82, 2.24) is 9.55 Å². The molecule has 13 heteroatoms. The molecule has 2 heterocycles. The van der Waals surface area contributed by atoms with Gasteiger partial charge < -0.3 is 14.8 Å². The summed E-state index contributed by atoms with van der Waals surface area (Å²) < 4.78 is 33.4. The molecule has 2 aromatic carbocycles. The molecule has 0 saturated heterocycles. The number of benzene rings is 2. The number of fused-ring (bicyclic) bond motifs is 1. The van der Waals surface area contributed by atoms with Crippen molar-refractivity contribution in [2.24, 2.45) is 0 Å². The molecule has 4 aromatic rings. The first-order valence-corrected chi connectivity index (χ1v) is 12.2. The Morgan fingerprint density at radius 2 is 1.94 bits per heavy atom. The number of sulfonamides is 1. The molecule has 0 fully saturated rings. The van der Waals surface area contributed by atoms with Crippen LogP contribution in [0.3, 0.4) is 0 Å². The molecule has 0 atom stereocenters. The zero-order valence-corrected chi connectivity index (χ0v) is 20.0. The number of methoxy groups -OCH3 is 1. The summed E-state index contributed by atoms with van der Waals surface area (Å²) in [6, 6.07) is 9.96. The predicted octanol–water partition coefficient (Wildman–Crippen LogP) is 2.93. The summed E-state index contributed by atoms with van der Waals surface area (Å²) in [6.07, 6.45) is 0. The Balaban J connectivity index is 1.90. The van der Waals surface area contributed by atoms with Crippen molar-refractivity contribution in [2.45, 2.75) is 4.90 Å². The van der Waals surface area contributed by atoms with Crippen LogP contribution in [0.1, 0.15) is 9.67 Å². The SMILES string of the molecule is COc1cccc(N(C)S(=O)(=O)c2ccc(Cl)c(-n3c(=O)[nH]c4csc(C(=O)O)c4c3=O)c2)c1. The Bertz CT molecular complexity index is 1670. The smallest absolute Gasteiger partial charge is 0.346 e. The largest absolute Gasteiger partial charge is 0.497 e. The second kappa shape index (κ2) is 8.63. The molecule has 10 nitrogen and oxygen atoms in total. The predicted molar refractivity (Wildman–Crippen MR) is 129 cm³/mol. The number of thiophene rings is 1. The minimum Gasteiger partial charge on any atom is -0.497 e. The van der Waals surface area contributed by atoms with Crippen molar-refractivity contribution < 1.29 is 23.1 Å². The lowest BCUT2D eigenvalue weighted by Gasteiger charge is -2.20. The van der Waals surface area contributed by atoms with Crippen LogP contribution < -0.4 is 20.3 Å². The van der Waals surface area contributed by atoms with Crippen LogP contribution in [0.2, 0.25) is 5.02 Å². The van der Waals surface area contributed by atoms with Crippen molar-refractivity contribution in [1.29, 1.82) is 0 Å². The molecule has 0 aliphatic heterocycles. The molecule has 0 unspecified atom stereocenters. The van der Waals surface area contributed by atoms with Gasteiger partial charge in [-0.3, -0.25) is 9.10 Å². The molecule has 2 aromatic heterocycles. The van der Waals surface area contributed by atoms with Gasteiger partial charge in [0.1, 0.15) is 10.6 Å². The Morgan fingerprint density at radius 1 is 1.21 bits per heavy atom. The minimum absolute atomic E-state index is 0.0614. The van der Waals surface area contributed by atoms with Gasteiger partial charge >= 0.3 is 11.7 Å². The maximum atomic E-state index is 13.3. The molecule has 0 radical (unpaired) electrons. The number of halogens is 1. The Hall–Kier alpha value is -3.61. The minimum atomic E-state index is -4.14. The van der Waals surface area contributed by atoms with Crippen molar-refractivity contribution in [2.75, 3.05) is 18.5 Å². The van der Waals surface area contributed by atoms with E-state index in [-0.39, 0.29) is 31.4 Å². The lowest BCUT2D eigenvalue weighted by molar-refractivity contribution is 0.0704. The van der Waals surface area contributed by atoms with Gasteiger partial charge in [-0.25, -0.2) is 22.6 Å². The summed E-state index contributed by atoms with van der Waals surface area (Å²) in [5, 5.41) is 10.4. The first-order valence-electron chi connectivity index (χ1n) is 9.49. The number of aromatic carboxylic acids is 1. The maximum Gasteiger partial charge on any atom is 0.346 e. The van der Waals surface area contributed by atoms with Gasteiger partial charge in [-0.1, -0.05) is 17.7 Å². The highest BCUT2D eigenvalue weighted by atomic mass is 35.5. The summed E-state index contributed by atoms with van der Waals surface area (Å²) in [5.74, 6) is -0.884. The number of nitrogens with zero attached hydrogens (tertiary/aromatic N) is 2. The second-order valence-electron chi connectivity index (χ2n) is 7.02. The molecule has 176 valence electrons. The van der Waals surface area contributed by atoms with Crippen molar-refractivity contribution in [3.8, 4) is 11.4 Å². The van der Waals surface area contributed by atoms with Crippen LogP contribution in [0, 0.1) is 0 Å². The lowest BCUT2D eigenvalue weighted by atomic mass is 10.2. The van der Waals surface area contributed by atoms with E-state index in [4.69, 9.17) is 16.3 Å². The van der Waals surface area contributed by atoms with Crippen molar-refractivity contribution >= 4 is 55.5 Å². The zero-order chi connectivity index (χ0) is 24.8. The van der Waals surface area contributed by atoms with E-state index in [9.17, 15) is 27.9 Å². The highest BCUT2D eigenvalue weighted by Gasteiger charge is 2.25. The van der Waals surface area contributed by atoms with Gasteiger partial charge in [0.2, 0.25) is 0 Å². The molecule has 0 spiro atoms. The molecule has 2 N–H and O–H groups in total. The molecule has 0 saturated carbocycles. The number of carbonyl (C=O) groups is 1. The van der Waals surface area contributed by atoms with E-state index in [0.717, 1.165) is 21.7 Å². The normalized spacial score (nSPS) is 11.5. The second-order valence-corrected chi connectivity index (χ2v) is 10.3. The number of rotatable bonds is 6. The quantitative estimate of drug-likeness (QED) is 0.397. The fraction of sp³-hybridized carbons (Fsp3) is 0.0952. The molecule has 34 heavy (non-hydrogen) atoms. The number of hydrogen-bond acceptors (Lipinski definition) is 7. The molecular weight excluding hydrogens is 506 g/mol. The van der Waals surface area contributed by atoms with Gasteiger partial charge in [-0.15, -0.1) is 11.3 Å². The standard InChI is InChI=1S/C21H16ClN3O7S2/c1-24(11-4-3-5-12(8-11)32-2)34(30,31)13-6-7-14(22)16(9-13)25-19(26)17-15(23-21(25)29)10-33-18(17)20(27)28/h3-10H,1-2H3,(H,23,29)(H,27,28). The summed E-state index contributed by atoms with van der Waals surface area (Å²) in [6.45, 7) is 0. The number of carboxylic acids is 1. The van der Waals surface area contributed by atoms with Crippen LogP contribution in [0.5, 0.6) is 5.75 Å². The molecular formula is C21H16ClN3O7S2. The van der Waals surface area contributed by atoms with Gasteiger partial charge in [0.05, 0.1) is 39.3 Å². The fourth-order valence-electron chi connectivity index (χ4n) is 3.34. The van der Waals surface area contributed by atoms with E-state index in [2.05, 4.69) is 4.98 Å². The van der Waals surface area contributed by atoms with E-state index >= 15 is 0 Å². The average Bonchev–Trinajstić information content (AvgIpc) is 3.24. The Labute approximate surface area is 201 Å². The highest BCUT2D eigenvalue weighted by Crippen LogP contribution is 2.29. The first-order chi connectivity index (χ1) is 16.1. The molecule has 4 rings (SSSR count).